The number of hydrogen-bond donors (Lipinski definition) is 2. The molecule has 0 radical (unpaired) electrons. The molecule has 1 amide bonds. The summed E-state index contributed by atoms with van der Waals surface area (Å²) in [6.45, 7) is 1.80. The van der Waals surface area contributed by atoms with Crippen LogP contribution in [0.2, 0.25) is 0 Å². The molecule has 0 unspecified atom stereocenters. The van der Waals surface area contributed by atoms with E-state index in [0.29, 0.717) is 0 Å². The summed E-state index contributed by atoms with van der Waals surface area (Å²) in [7, 11) is 0. The first kappa shape index (κ1) is 9.45. The van der Waals surface area contributed by atoms with Crippen LogP contribution in [0.5, 0.6) is 0 Å². The summed E-state index contributed by atoms with van der Waals surface area (Å²) in [6.07, 6.45) is 4.88. The number of carbonyl (C=O) groups is 1. The number of nitrogens with zero attached hydrogens (tertiary/aromatic N) is 1. The van der Waals surface area contributed by atoms with E-state index in [2.05, 4.69) is 15.5 Å². The Morgan fingerprint density at radius 2 is 2.40 bits per heavy atom. The van der Waals surface area contributed by atoms with Crippen LogP contribution in [0.1, 0.15) is 6.92 Å². The molecule has 2 N–H and O–H groups in total. The second-order valence-corrected chi connectivity index (χ2v) is 3.13. The molecule has 4 nitrogen and oxygen atoms in total. The Balaban J connectivity index is 2.35. The van der Waals surface area contributed by atoms with Gasteiger partial charge in [0, 0.05) is 5.39 Å². The van der Waals surface area contributed by atoms with Gasteiger partial charge >= 0.3 is 0 Å². The van der Waals surface area contributed by atoms with Gasteiger partial charge in [0.25, 0.3) is 0 Å². The second kappa shape index (κ2) is 3.96. The highest BCUT2D eigenvalue weighted by Gasteiger charge is 2.03. The molecule has 2 aromatic rings. The van der Waals surface area contributed by atoms with E-state index in [9.17, 15) is 4.79 Å². The lowest BCUT2D eigenvalue weighted by molar-refractivity contribution is -0.111. The van der Waals surface area contributed by atoms with E-state index in [1.54, 1.807) is 19.2 Å². The number of hydrogen-bond acceptors (Lipinski definition) is 2. The molecule has 0 aliphatic carbocycles. The predicted octanol–water partition coefficient (Wildman–Crippen LogP) is 2.08. The zero-order valence-electron chi connectivity index (χ0n) is 8.32. The smallest absolute Gasteiger partial charge is 0.248 e. The van der Waals surface area contributed by atoms with E-state index < -0.39 is 0 Å². The molecule has 76 valence electrons. The number of amides is 1. The van der Waals surface area contributed by atoms with Crippen LogP contribution < -0.4 is 5.32 Å². The minimum Gasteiger partial charge on any atom is -0.322 e. The minimum atomic E-state index is -0.133. The Hall–Kier alpha value is -2.10. The summed E-state index contributed by atoms with van der Waals surface area (Å²) in [5.41, 5.74) is 1.68. The Morgan fingerprint density at radius 1 is 1.53 bits per heavy atom. The van der Waals surface area contributed by atoms with Gasteiger partial charge in [0.05, 0.1) is 17.4 Å². The van der Waals surface area contributed by atoms with E-state index in [4.69, 9.17) is 0 Å². The van der Waals surface area contributed by atoms with Gasteiger partial charge in [0.1, 0.15) is 0 Å². The number of aromatic amines is 1. The number of rotatable bonds is 2. The van der Waals surface area contributed by atoms with Crippen molar-refractivity contribution >= 4 is 22.5 Å². The van der Waals surface area contributed by atoms with Crippen LogP contribution in [0.3, 0.4) is 0 Å². The van der Waals surface area contributed by atoms with E-state index in [0.717, 1.165) is 16.6 Å². The first-order chi connectivity index (χ1) is 7.31. The third-order valence-electron chi connectivity index (χ3n) is 2.06. The van der Waals surface area contributed by atoms with Gasteiger partial charge in [-0.25, -0.2) is 0 Å². The third kappa shape index (κ3) is 1.88. The molecule has 2 rings (SSSR count). The fraction of sp³-hybridized carbons (Fsp3) is 0.0909. The van der Waals surface area contributed by atoms with Crippen LogP contribution >= 0.6 is 0 Å². The average Bonchev–Trinajstić information content (AvgIpc) is 2.67. The summed E-state index contributed by atoms with van der Waals surface area (Å²) in [4.78, 5) is 11.3. The Bertz CT molecular complexity index is 513. The SMILES string of the molecule is CC=CC(=O)Nc1cccc2[nH]ncc12. The lowest BCUT2D eigenvalue weighted by atomic mass is 10.2. The highest BCUT2D eigenvalue weighted by atomic mass is 16.1. The first-order valence-electron chi connectivity index (χ1n) is 4.67. The van der Waals surface area contributed by atoms with Gasteiger partial charge in [-0.3, -0.25) is 9.89 Å². The highest BCUT2D eigenvalue weighted by Crippen LogP contribution is 2.20. The Morgan fingerprint density at radius 3 is 3.20 bits per heavy atom. The number of benzene rings is 1. The van der Waals surface area contributed by atoms with Crippen molar-refractivity contribution < 1.29 is 4.79 Å². The molecule has 0 fully saturated rings. The highest BCUT2D eigenvalue weighted by molar-refractivity contribution is 6.05. The maximum atomic E-state index is 11.3. The third-order valence-corrected chi connectivity index (χ3v) is 2.06. The van der Waals surface area contributed by atoms with E-state index in [-0.39, 0.29) is 5.91 Å². The van der Waals surface area contributed by atoms with Gasteiger partial charge < -0.3 is 5.32 Å². The number of carbonyl (C=O) groups excluding carboxylic acids is 1. The zero-order valence-corrected chi connectivity index (χ0v) is 8.32. The predicted molar refractivity (Wildman–Crippen MR) is 59.5 cm³/mol. The molecule has 4 heteroatoms. The average molecular weight is 201 g/mol. The van der Waals surface area contributed by atoms with Gasteiger partial charge in [-0.1, -0.05) is 12.1 Å². The van der Waals surface area contributed by atoms with Gasteiger partial charge in [-0.15, -0.1) is 0 Å². The maximum absolute atomic E-state index is 11.3. The van der Waals surface area contributed by atoms with Crippen molar-refractivity contribution in [3.63, 3.8) is 0 Å². The summed E-state index contributed by atoms with van der Waals surface area (Å²) < 4.78 is 0. The number of aromatic nitrogens is 2. The van der Waals surface area contributed by atoms with Crippen LogP contribution in [0.25, 0.3) is 10.9 Å². The Labute approximate surface area is 87.0 Å². The quantitative estimate of drug-likeness (QED) is 0.731. The number of H-pyrrole nitrogens is 1. The molecule has 0 aliphatic rings. The van der Waals surface area contributed by atoms with Crippen molar-refractivity contribution in [2.75, 3.05) is 5.32 Å². The fourth-order valence-electron chi connectivity index (χ4n) is 1.40. The molecule has 0 saturated heterocycles. The molecule has 1 aromatic carbocycles. The van der Waals surface area contributed by atoms with Crippen molar-refractivity contribution in [3.05, 3.63) is 36.5 Å². The molecular weight excluding hydrogens is 190 g/mol. The van der Waals surface area contributed by atoms with Crippen LogP contribution in [-0.2, 0) is 4.79 Å². The van der Waals surface area contributed by atoms with Crippen LogP contribution in [0.4, 0.5) is 5.69 Å². The topological polar surface area (TPSA) is 57.8 Å². The zero-order chi connectivity index (χ0) is 10.7. The second-order valence-electron chi connectivity index (χ2n) is 3.13. The summed E-state index contributed by atoms with van der Waals surface area (Å²) >= 11 is 0. The molecule has 15 heavy (non-hydrogen) atoms. The standard InChI is InChI=1S/C11H11N3O/c1-2-4-11(15)13-9-5-3-6-10-8(9)7-12-14-10/h2-7H,1H3,(H,12,14)(H,13,15). The van der Waals surface area contributed by atoms with Crippen molar-refractivity contribution in [2.45, 2.75) is 6.92 Å². The van der Waals surface area contributed by atoms with E-state index >= 15 is 0 Å². The Kier molecular flexibility index (Phi) is 2.49. The number of fused-ring (bicyclic) bond motifs is 1. The summed E-state index contributed by atoms with van der Waals surface area (Å²) in [5.74, 6) is -0.133. The van der Waals surface area contributed by atoms with E-state index in [1.807, 2.05) is 18.2 Å². The molecule has 1 heterocycles. The molecule has 1 aromatic heterocycles. The lowest BCUT2D eigenvalue weighted by Crippen LogP contribution is -2.07. The summed E-state index contributed by atoms with van der Waals surface area (Å²) in [6, 6.07) is 5.62. The monoisotopic (exact) mass is 201 g/mol. The molecule has 0 aliphatic heterocycles. The van der Waals surface area contributed by atoms with Crippen molar-refractivity contribution in [2.24, 2.45) is 0 Å². The lowest BCUT2D eigenvalue weighted by Gasteiger charge is -2.02. The number of allylic oxidation sites excluding steroid dienone is 1. The van der Waals surface area contributed by atoms with E-state index in [1.165, 1.54) is 6.08 Å². The number of anilines is 1. The molecular formula is C11H11N3O. The van der Waals surface area contributed by atoms with Crippen molar-refractivity contribution in [1.82, 2.24) is 10.2 Å². The van der Waals surface area contributed by atoms with Crippen LogP contribution in [-0.4, -0.2) is 16.1 Å². The molecule has 0 atom stereocenters. The van der Waals surface area contributed by atoms with Crippen molar-refractivity contribution in [3.8, 4) is 0 Å². The summed E-state index contributed by atoms with van der Waals surface area (Å²) in [5, 5.41) is 10.5. The van der Waals surface area contributed by atoms with Crippen LogP contribution in [0, 0.1) is 0 Å². The molecule has 0 saturated carbocycles. The first-order valence-corrected chi connectivity index (χ1v) is 4.67. The van der Waals surface area contributed by atoms with Gasteiger partial charge in [-0.2, -0.15) is 5.10 Å². The molecule has 0 spiro atoms. The van der Waals surface area contributed by atoms with Crippen molar-refractivity contribution in [1.29, 1.82) is 0 Å². The normalized spacial score (nSPS) is 11.0. The molecule has 0 bridgehead atoms. The van der Waals surface area contributed by atoms with Gasteiger partial charge in [-0.05, 0) is 25.1 Å². The van der Waals surface area contributed by atoms with Crippen LogP contribution in [0.15, 0.2) is 36.5 Å². The van der Waals surface area contributed by atoms with Gasteiger partial charge in [0.15, 0.2) is 0 Å². The minimum absolute atomic E-state index is 0.133. The number of nitrogens with one attached hydrogen (secondary N) is 2. The largest absolute Gasteiger partial charge is 0.322 e. The maximum Gasteiger partial charge on any atom is 0.248 e. The van der Waals surface area contributed by atoms with Gasteiger partial charge in [0.2, 0.25) is 5.91 Å². The fourth-order valence-corrected chi connectivity index (χ4v) is 1.40.